The molecule has 27 heavy (non-hydrogen) atoms. The lowest BCUT2D eigenvalue weighted by Crippen LogP contribution is -2.31. The molecule has 0 aliphatic heterocycles. The third-order valence-electron chi connectivity index (χ3n) is 4.69. The second-order valence-corrected chi connectivity index (χ2v) is 8.91. The predicted octanol–water partition coefficient (Wildman–Crippen LogP) is 5.81. The van der Waals surface area contributed by atoms with Crippen LogP contribution in [0.25, 0.3) is 0 Å². The highest BCUT2D eigenvalue weighted by Gasteiger charge is 2.26. The minimum absolute atomic E-state index is 0.155. The van der Waals surface area contributed by atoms with Crippen molar-refractivity contribution in [2.75, 3.05) is 0 Å². The third kappa shape index (κ3) is 4.99. The number of aryl methyl sites for hydroxylation is 2. The van der Waals surface area contributed by atoms with Crippen molar-refractivity contribution in [2.24, 2.45) is 5.41 Å². The van der Waals surface area contributed by atoms with Crippen molar-refractivity contribution in [1.29, 1.82) is 0 Å². The molecule has 0 aliphatic carbocycles. The summed E-state index contributed by atoms with van der Waals surface area (Å²) in [5.41, 5.74) is 3.30. The lowest BCUT2D eigenvalue weighted by Gasteiger charge is -2.31. The van der Waals surface area contributed by atoms with Crippen LogP contribution in [0.1, 0.15) is 54.3 Å². The Morgan fingerprint density at radius 2 is 1.89 bits per heavy atom. The van der Waals surface area contributed by atoms with Crippen LogP contribution in [0.2, 0.25) is 0 Å². The summed E-state index contributed by atoms with van der Waals surface area (Å²) in [7, 11) is 0. The maximum absolute atomic E-state index is 5.89. The van der Waals surface area contributed by atoms with Crippen molar-refractivity contribution in [1.82, 2.24) is 10.5 Å². The molecule has 2 heterocycles. The molecule has 144 valence electrons. The topological polar surface area (TPSA) is 47.3 Å². The fourth-order valence-electron chi connectivity index (χ4n) is 3.08. The van der Waals surface area contributed by atoms with Gasteiger partial charge in [-0.3, -0.25) is 0 Å². The lowest BCUT2D eigenvalue weighted by atomic mass is 9.85. The van der Waals surface area contributed by atoms with Crippen LogP contribution in [0.4, 0.5) is 0 Å². The Labute approximate surface area is 165 Å². The SMILES string of the molecule is Cc1noc(C)c1COc1ccc(CN[C@@H](c2cccs2)C(C)(C)C)cc1. The Morgan fingerprint density at radius 3 is 2.44 bits per heavy atom. The standard InChI is InChI=1S/C22H28N2O2S/c1-15-19(16(2)26-24-15)14-25-18-10-8-17(9-11-18)13-23-21(22(3,4)5)20-7-6-12-27-20/h6-12,21,23H,13-14H2,1-5H3/t21-/m0/s1. The van der Waals surface area contributed by atoms with Crippen LogP contribution in [-0.2, 0) is 13.2 Å². The quantitative estimate of drug-likeness (QED) is 0.558. The van der Waals surface area contributed by atoms with E-state index in [0.29, 0.717) is 12.6 Å². The molecule has 0 aliphatic rings. The number of thiophene rings is 1. The van der Waals surface area contributed by atoms with Crippen molar-refractivity contribution < 1.29 is 9.26 Å². The van der Waals surface area contributed by atoms with E-state index in [-0.39, 0.29) is 5.41 Å². The molecule has 0 bridgehead atoms. The van der Waals surface area contributed by atoms with Gasteiger partial charge >= 0.3 is 0 Å². The van der Waals surface area contributed by atoms with Gasteiger partial charge in [0.25, 0.3) is 0 Å². The van der Waals surface area contributed by atoms with Crippen LogP contribution in [0.15, 0.2) is 46.3 Å². The van der Waals surface area contributed by atoms with Crippen molar-refractivity contribution in [3.8, 4) is 5.75 Å². The summed E-state index contributed by atoms with van der Waals surface area (Å²) in [6.07, 6.45) is 0. The van der Waals surface area contributed by atoms with Crippen molar-refractivity contribution >= 4 is 11.3 Å². The maximum Gasteiger partial charge on any atom is 0.140 e. The zero-order chi connectivity index (χ0) is 19.4. The average Bonchev–Trinajstić information content (AvgIpc) is 3.24. The van der Waals surface area contributed by atoms with E-state index < -0.39 is 0 Å². The fraction of sp³-hybridized carbons (Fsp3) is 0.409. The molecule has 0 fully saturated rings. The molecular formula is C22H28N2O2S. The molecule has 0 saturated heterocycles. The fourth-order valence-corrected chi connectivity index (χ4v) is 4.12. The summed E-state index contributed by atoms with van der Waals surface area (Å²) in [6.45, 7) is 12.0. The van der Waals surface area contributed by atoms with Crippen LogP contribution in [0, 0.1) is 19.3 Å². The summed E-state index contributed by atoms with van der Waals surface area (Å²) < 4.78 is 11.1. The second kappa shape index (κ2) is 8.28. The molecule has 0 radical (unpaired) electrons. The zero-order valence-corrected chi connectivity index (χ0v) is 17.5. The Balaban J connectivity index is 1.59. The number of hydrogen-bond acceptors (Lipinski definition) is 5. The maximum atomic E-state index is 5.89. The summed E-state index contributed by atoms with van der Waals surface area (Å²) in [5, 5.41) is 9.82. The van der Waals surface area contributed by atoms with Crippen LogP contribution < -0.4 is 10.1 Å². The Hall–Kier alpha value is -2.11. The summed E-state index contributed by atoms with van der Waals surface area (Å²) in [6, 6.07) is 12.9. The second-order valence-electron chi connectivity index (χ2n) is 7.93. The first-order valence-electron chi connectivity index (χ1n) is 9.25. The smallest absolute Gasteiger partial charge is 0.140 e. The molecule has 0 spiro atoms. The molecule has 1 aromatic carbocycles. The molecule has 3 aromatic rings. The van der Waals surface area contributed by atoms with Gasteiger partial charge in [-0.15, -0.1) is 11.3 Å². The molecule has 0 unspecified atom stereocenters. The highest BCUT2D eigenvalue weighted by atomic mass is 32.1. The Morgan fingerprint density at radius 1 is 1.15 bits per heavy atom. The average molecular weight is 385 g/mol. The van der Waals surface area contributed by atoms with Gasteiger partial charge in [-0.05, 0) is 48.4 Å². The summed E-state index contributed by atoms with van der Waals surface area (Å²) in [5.74, 6) is 1.67. The van der Waals surface area contributed by atoms with Crippen LogP contribution in [0.3, 0.4) is 0 Å². The number of benzene rings is 1. The van der Waals surface area contributed by atoms with Gasteiger partial charge in [0.05, 0.1) is 11.3 Å². The van der Waals surface area contributed by atoms with Crippen LogP contribution in [0.5, 0.6) is 5.75 Å². The number of ether oxygens (including phenoxy) is 1. The highest BCUT2D eigenvalue weighted by molar-refractivity contribution is 7.10. The molecular weight excluding hydrogens is 356 g/mol. The molecule has 3 rings (SSSR count). The first-order valence-corrected chi connectivity index (χ1v) is 10.1. The van der Waals surface area contributed by atoms with Gasteiger partial charge < -0.3 is 14.6 Å². The summed E-state index contributed by atoms with van der Waals surface area (Å²) >= 11 is 1.81. The number of nitrogens with zero attached hydrogens (tertiary/aromatic N) is 1. The first-order chi connectivity index (χ1) is 12.8. The van der Waals surface area contributed by atoms with Crippen molar-refractivity contribution in [3.63, 3.8) is 0 Å². The molecule has 0 saturated carbocycles. The van der Waals surface area contributed by atoms with E-state index in [1.165, 1.54) is 10.4 Å². The van der Waals surface area contributed by atoms with Gasteiger partial charge in [-0.25, -0.2) is 0 Å². The van der Waals surface area contributed by atoms with Gasteiger partial charge in [-0.1, -0.05) is 44.1 Å². The number of hydrogen-bond donors (Lipinski definition) is 1. The largest absolute Gasteiger partial charge is 0.489 e. The Bertz CT molecular complexity index is 826. The summed E-state index contributed by atoms with van der Waals surface area (Å²) in [4.78, 5) is 1.38. The molecule has 1 N–H and O–H groups in total. The van der Waals surface area contributed by atoms with Gasteiger partial charge in [0.15, 0.2) is 0 Å². The molecule has 1 atom stereocenters. The van der Waals surface area contributed by atoms with E-state index in [9.17, 15) is 0 Å². The monoisotopic (exact) mass is 384 g/mol. The lowest BCUT2D eigenvalue weighted by molar-refractivity contribution is 0.275. The molecule has 2 aromatic heterocycles. The van der Waals surface area contributed by atoms with Crippen molar-refractivity contribution in [3.05, 3.63) is 69.2 Å². The van der Waals surface area contributed by atoms with E-state index in [1.54, 1.807) is 0 Å². The third-order valence-corrected chi connectivity index (χ3v) is 5.63. The minimum atomic E-state index is 0.155. The van der Waals surface area contributed by atoms with Crippen molar-refractivity contribution in [2.45, 2.75) is 53.8 Å². The molecule has 0 amide bonds. The van der Waals surface area contributed by atoms with Crippen LogP contribution >= 0.6 is 11.3 Å². The molecule has 4 nitrogen and oxygen atoms in total. The van der Waals surface area contributed by atoms with Gasteiger partial charge in [0.1, 0.15) is 18.1 Å². The number of rotatable bonds is 7. The highest BCUT2D eigenvalue weighted by Crippen LogP contribution is 2.35. The van der Waals surface area contributed by atoms with E-state index in [4.69, 9.17) is 9.26 Å². The van der Waals surface area contributed by atoms with E-state index >= 15 is 0 Å². The van der Waals surface area contributed by atoms with Gasteiger partial charge in [-0.2, -0.15) is 0 Å². The van der Waals surface area contributed by atoms with E-state index in [2.05, 4.69) is 60.9 Å². The van der Waals surface area contributed by atoms with E-state index in [0.717, 1.165) is 29.3 Å². The Kier molecular flexibility index (Phi) is 6.02. The zero-order valence-electron chi connectivity index (χ0n) is 16.7. The number of nitrogens with one attached hydrogen (secondary N) is 1. The minimum Gasteiger partial charge on any atom is -0.489 e. The number of aromatic nitrogens is 1. The predicted molar refractivity (Wildman–Crippen MR) is 110 cm³/mol. The van der Waals surface area contributed by atoms with E-state index in [1.807, 2.05) is 37.3 Å². The van der Waals surface area contributed by atoms with Crippen LogP contribution in [-0.4, -0.2) is 5.16 Å². The normalized spacial score (nSPS) is 12.9. The van der Waals surface area contributed by atoms with Gasteiger partial charge in [0, 0.05) is 17.5 Å². The molecule has 5 heteroatoms. The first kappa shape index (κ1) is 19.6. The van der Waals surface area contributed by atoms with Gasteiger partial charge in [0.2, 0.25) is 0 Å².